The first-order valence-electron chi connectivity index (χ1n) is 7.80. The van der Waals surface area contributed by atoms with Crippen LogP contribution in [0.15, 0.2) is 59.5 Å². The number of pyridine rings is 1. The molecule has 0 unspecified atom stereocenters. The van der Waals surface area contributed by atoms with E-state index in [1.807, 2.05) is 18.2 Å². The van der Waals surface area contributed by atoms with E-state index in [4.69, 9.17) is 23.2 Å². The molecule has 0 saturated carbocycles. The van der Waals surface area contributed by atoms with Gasteiger partial charge in [-0.2, -0.15) is 0 Å². The Kier molecular flexibility index (Phi) is 5.23. The fraction of sp³-hybridized carbons (Fsp3) is 0.105. The molecule has 0 aliphatic carbocycles. The second-order valence-corrected chi connectivity index (χ2v) is 8.24. The van der Waals surface area contributed by atoms with Gasteiger partial charge in [0, 0.05) is 26.9 Å². The molecule has 4 nitrogen and oxygen atoms in total. The molecular weight excluding hydrogens is 391 g/mol. The van der Waals surface area contributed by atoms with Crippen molar-refractivity contribution in [1.82, 2.24) is 4.98 Å². The molecule has 3 aromatic rings. The minimum Gasteiger partial charge on any atom is -0.263 e. The number of aryl methyl sites for hydroxylation is 1. The van der Waals surface area contributed by atoms with Gasteiger partial charge in [0.15, 0.2) is 0 Å². The molecule has 7 heteroatoms. The van der Waals surface area contributed by atoms with E-state index in [9.17, 15) is 8.42 Å². The third-order valence-corrected chi connectivity index (χ3v) is 6.23. The van der Waals surface area contributed by atoms with Crippen molar-refractivity contribution in [1.29, 1.82) is 0 Å². The predicted octanol–water partition coefficient (Wildman–Crippen LogP) is 5.47. The van der Waals surface area contributed by atoms with Crippen molar-refractivity contribution < 1.29 is 8.42 Å². The van der Waals surface area contributed by atoms with Crippen LogP contribution in [0.5, 0.6) is 0 Å². The summed E-state index contributed by atoms with van der Waals surface area (Å²) in [6.07, 6.45) is 0. The van der Waals surface area contributed by atoms with Crippen LogP contribution in [0.25, 0.3) is 11.1 Å². The van der Waals surface area contributed by atoms with Gasteiger partial charge in [-0.05, 0) is 49.7 Å². The lowest BCUT2D eigenvalue weighted by Gasteiger charge is -2.13. The molecule has 0 saturated heterocycles. The number of halogens is 2. The van der Waals surface area contributed by atoms with Crippen molar-refractivity contribution in [2.45, 2.75) is 18.7 Å². The molecule has 0 bridgehead atoms. The molecule has 0 radical (unpaired) electrons. The number of nitrogens with zero attached hydrogens (tertiary/aromatic N) is 1. The average Bonchev–Trinajstić information content (AvgIpc) is 2.58. The van der Waals surface area contributed by atoms with Crippen LogP contribution in [-0.4, -0.2) is 13.4 Å². The van der Waals surface area contributed by atoms with Gasteiger partial charge in [0.25, 0.3) is 10.0 Å². The Bertz CT molecular complexity index is 1080. The normalized spacial score (nSPS) is 11.4. The van der Waals surface area contributed by atoms with Gasteiger partial charge in [-0.25, -0.2) is 13.4 Å². The summed E-state index contributed by atoms with van der Waals surface area (Å²) in [6, 6.07) is 15.6. The molecule has 1 N–H and O–H groups in total. The first-order valence-corrected chi connectivity index (χ1v) is 10.0. The minimum atomic E-state index is -3.79. The molecule has 0 fully saturated rings. The van der Waals surface area contributed by atoms with Crippen LogP contribution >= 0.6 is 23.2 Å². The van der Waals surface area contributed by atoms with Gasteiger partial charge < -0.3 is 0 Å². The molecule has 0 spiro atoms. The highest BCUT2D eigenvalue weighted by Gasteiger charge is 2.19. The maximum Gasteiger partial charge on any atom is 0.263 e. The molecule has 134 valence electrons. The van der Waals surface area contributed by atoms with Gasteiger partial charge in [-0.15, -0.1) is 0 Å². The zero-order chi connectivity index (χ0) is 18.9. The Morgan fingerprint density at radius 3 is 2.23 bits per heavy atom. The lowest BCUT2D eigenvalue weighted by Crippen LogP contribution is -2.15. The van der Waals surface area contributed by atoms with Crippen LogP contribution in [0.4, 0.5) is 5.82 Å². The molecular formula is C19H16Cl2N2O2S. The number of nitrogens with one attached hydrogen (secondary N) is 1. The molecule has 0 aliphatic heterocycles. The summed E-state index contributed by atoms with van der Waals surface area (Å²) in [4.78, 5) is 4.50. The number of anilines is 1. The third kappa shape index (κ3) is 3.70. The highest BCUT2D eigenvalue weighted by molar-refractivity contribution is 7.92. The summed E-state index contributed by atoms with van der Waals surface area (Å²) in [7, 11) is -3.79. The van der Waals surface area contributed by atoms with Crippen LogP contribution in [0.2, 0.25) is 10.0 Å². The Labute approximate surface area is 162 Å². The fourth-order valence-corrected chi connectivity index (χ4v) is 4.39. The summed E-state index contributed by atoms with van der Waals surface area (Å²) in [5.41, 5.74) is 2.85. The third-order valence-electron chi connectivity index (χ3n) is 4.00. The monoisotopic (exact) mass is 406 g/mol. The van der Waals surface area contributed by atoms with Gasteiger partial charge in [0.1, 0.15) is 5.82 Å². The van der Waals surface area contributed by atoms with Crippen LogP contribution in [-0.2, 0) is 10.0 Å². The van der Waals surface area contributed by atoms with Crippen LogP contribution < -0.4 is 4.72 Å². The first kappa shape index (κ1) is 18.7. The van der Waals surface area contributed by atoms with E-state index in [-0.39, 0.29) is 10.7 Å². The van der Waals surface area contributed by atoms with Crippen molar-refractivity contribution in [2.24, 2.45) is 0 Å². The zero-order valence-corrected chi connectivity index (χ0v) is 16.5. The lowest BCUT2D eigenvalue weighted by molar-refractivity contribution is 0.600. The zero-order valence-electron chi connectivity index (χ0n) is 14.1. The van der Waals surface area contributed by atoms with Crippen molar-refractivity contribution in [2.75, 3.05) is 4.72 Å². The summed E-state index contributed by atoms with van der Waals surface area (Å²) < 4.78 is 27.8. The summed E-state index contributed by atoms with van der Waals surface area (Å²) >= 11 is 12.3. The van der Waals surface area contributed by atoms with E-state index < -0.39 is 10.0 Å². The maximum atomic E-state index is 12.7. The van der Waals surface area contributed by atoms with E-state index in [2.05, 4.69) is 9.71 Å². The van der Waals surface area contributed by atoms with Gasteiger partial charge in [-0.3, -0.25) is 4.72 Å². The highest BCUT2D eigenvalue weighted by atomic mass is 35.5. The smallest absolute Gasteiger partial charge is 0.263 e. The molecule has 2 aromatic carbocycles. The number of hydrogen-bond donors (Lipinski definition) is 1. The van der Waals surface area contributed by atoms with E-state index in [1.54, 1.807) is 44.2 Å². The quantitative estimate of drug-likeness (QED) is 0.624. The van der Waals surface area contributed by atoms with Gasteiger partial charge in [0.2, 0.25) is 0 Å². The Morgan fingerprint density at radius 2 is 1.54 bits per heavy atom. The molecule has 1 aromatic heterocycles. The molecule has 3 rings (SSSR count). The molecule has 0 aliphatic rings. The Hall–Kier alpha value is -2.08. The van der Waals surface area contributed by atoms with Crippen molar-refractivity contribution in [3.05, 3.63) is 75.9 Å². The summed E-state index contributed by atoms with van der Waals surface area (Å²) in [5.74, 6) is 0.234. The minimum absolute atomic E-state index is 0.125. The van der Waals surface area contributed by atoms with Gasteiger partial charge in [-0.1, -0.05) is 47.5 Å². The van der Waals surface area contributed by atoms with E-state index in [1.165, 1.54) is 6.07 Å². The van der Waals surface area contributed by atoms with Crippen molar-refractivity contribution in [3.63, 3.8) is 0 Å². The van der Waals surface area contributed by atoms with Gasteiger partial charge in [0.05, 0.1) is 4.90 Å². The first-order chi connectivity index (χ1) is 12.3. The predicted molar refractivity (Wildman–Crippen MR) is 106 cm³/mol. The van der Waals surface area contributed by atoms with E-state index in [0.717, 1.165) is 11.1 Å². The molecule has 0 amide bonds. The standard InChI is InChI=1S/C19H16Cl2N2O2S/c1-12-16(20)8-5-9-18(12)26(24,25)23-19-11-10-14(13(2)22-19)15-6-3-4-7-17(15)21/h3-11H,1-2H3,(H,22,23). The fourth-order valence-electron chi connectivity index (χ4n) is 2.65. The van der Waals surface area contributed by atoms with Crippen molar-refractivity contribution >= 4 is 39.0 Å². The largest absolute Gasteiger partial charge is 0.263 e. The highest BCUT2D eigenvalue weighted by Crippen LogP contribution is 2.31. The topological polar surface area (TPSA) is 59.1 Å². The number of hydrogen-bond acceptors (Lipinski definition) is 3. The Balaban J connectivity index is 1.95. The number of benzene rings is 2. The molecule has 1 heterocycles. The second kappa shape index (κ2) is 7.27. The van der Waals surface area contributed by atoms with Crippen LogP contribution in [0, 0.1) is 13.8 Å². The van der Waals surface area contributed by atoms with Crippen LogP contribution in [0.1, 0.15) is 11.3 Å². The Morgan fingerprint density at radius 1 is 0.846 bits per heavy atom. The average molecular weight is 407 g/mol. The molecule has 0 atom stereocenters. The summed E-state index contributed by atoms with van der Waals surface area (Å²) in [6.45, 7) is 3.47. The second-order valence-electron chi connectivity index (χ2n) is 5.78. The number of sulfonamides is 1. The number of aromatic nitrogens is 1. The summed E-state index contributed by atoms with van der Waals surface area (Å²) in [5, 5.41) is 1.01. The SMILES string of the molecule is Cc1nc(NS(=O)(=O)c2cccc(Cl)c2C)ccc1-c1ccccc1Cl. The van der Waals surface area contributed by atoms with Crippen molar-refractivity contribution in [3.8, 4) is 11.1 Å². The number of rotatable bonds is 4. The maximum absolute atomic E-state index is 12.7. The molecule has 26 heavy (non-hydrogen) atoms. The van der Waals surface area contributed by atoms with Gasteiger partial charge >= 0.3 is 0 Å². The van der Waals surface area contributed by atoms with E-state index >= 15 is 0 Å². The van der Waals surface area contributed by atoms with E-state index in [0.29, 0.717) is 21.3 Å². The lowest BCUT2D eigenvalue weighted by atomic mass is 10.0. The van der Waals surface area contributed by atoms with Crippen LogP contribution in [0.3, 0.4) is 0 Å².